The van der Waals surface area contributed by atoms with E-state index in [0.717, 1.165) is 60.0 Å². The van der Waals surface area contributed by atoms with Crippen molar-refractivity contribution in [3.63, 3.8) is 0 Å². The number of aromatic amines is 1. The van der Waals surface area contributed by atoms with Crippen LogP contribution in [-0.4, -0.2) is 23.2 Å². The molecule has 0 radical (unpaired) electrons. The van der Waals surface area contributed by atoms with Crippen LogP contribution < -0.4 is 9.47 Å². The summed E-state index contributed by atoms with van der Waals surface area (Å²) in [5.74, 6) is 2.57. The molecule has 1 heterocycles. The summed E-state index contributed by atoms with van der Waals surface area (Å²) in [6.07, 6.45) is 15.1. The van der Waals surface area contributed by atoms with Crippen molar-refractivity contribution in [2.45, 2.75) is 90.9 Å². The molecule has 4 nitrogen and oxygen atoms in total. The molecule has 0 aliphatic heterocycles. The molecule has 0 aliphatic rings. The number of para-hydroxylation sites is 2. The number of benzene rings is 2. The predicted molar refractivity (Wildman–Crippen MR) is 139 cm³/mol. The number of H-pyrrole nitrogens is 1. The van der Waals surface area contributed by atoms with Crippen molar-refractivity contribution in [1.82, 2.24) is 9.97 Å². The highest BCUT2D eigenvalue weighted by Crippen LogP contribution is 2.33. The van der Waals surface area contributed by atoms with E-state index in [9.17, 15) is 0 Å². The number of nitrogens with zero attached hydrogens (tertiary/aromatic N) is 1. The SMILES string of the molecule is CCCCCCCCOc1ccc(-c2nc3ccccc3[nH]2)c(OCCCCCCCC)c1. The summed E-state index contributed by atoms with van der Waals surface area (Å²) in [4.78, 5) is 8.23. The van der Waals surface area contributed by atoms with Gasteiger partial charge in [-0.05, 0) is 37.1 Å². The van der Waals surface area contributed by atoms with Gasteiger partial charge in [-0.1, -0.05) is 90.2 Å². The van der Waals surface area contributed by atoms with E-state index >= 15 is 0 Å². The highest BCUT2D eigenvalue weighted by atomic mass is 16.5. The maximum atomic E-state index is 6.27. The van der Waals surface area contributed by atoms with Gasteiger partial charge in [0, 0.05) is 6.07 Å². The van der Waals surface area contributed by atoms with Crippen LogP contribution in [0.5, 0.6) is 11.5 Å². The Morgan fingerprint density at radius 1 is 0.697 bits per heavy atom. The van der Waals surface area contributed by atoms with Crippen LogP contribution >= 0.6 is 0 Å². The Kier molecular flexibility index (Phi) is 11.1. The van der Waals surface area contributed by atoms with Gasteiger partial charge >= 0.3 is 0 Å². The number of nitrogens with one attached hydrogen (secondary N) is 1. The molecule has 1 aromatic heterocycles. The first-order valence-electron chi connectivity index (χ1n) is 13.2. The lowest BCUT2D eigenvalue weighted by Gasteiger charge is -2.13. The third-order valence-electron chi connectivity index (χ3n) is 6.12. The van der Waals surface area contributed by atoms with Crippen LogP contribution in [0.15, 0.2) is 42.5 Å². The number of hydrogen-bond acceptors (Lipinski definition) is 3. The van der Waals surface area contributed by atoms with Gasteiger partial charge in [0.2, 0.25) is 0 Å². The number of fused-ring (bicyclic) bond motifs is 1. The first-order chi connectivity index (χ1) is 16.3. The van der Waals surface area contributed by atoms with Gasteiger partial charge < -0.3 is 14.5 Å². The predicted octanol–water partition coefficient (Wildman–Crippen LogP) is 8.71. The monoisotopic (exact) mass is 450 g/mol. The van der Waals surface area contributed by atoms with Gasteiger partial charge in [-0.3, -0.25) is 0 Å². The molecule has 0 atom stereocenters. The van der Waals surface area contributed by atoms with Crippen molar-refractivity contribution < 1.29 is 9.47 Å². The van der Waals surface area contributed by atoms with Gasteiger partial charge in [-0.2, -0.15) is 0 Å². The van der Waals surface area contributed by atoms with Gasteiger partial charge in [-0.15, -0.1) is 0 Å². The fourth-order valence-corrected chi connectivity index (χ4v) is 4.12. The fourth-order valence-electron chi connectivity index (χ4n) is 4.12. The minimum absolute atomic E-state index is 0.722. The van der Waals surface area contributed by atoms with E-state index < -0.39 is 0 Å². The molecule has 33 heavy (non-hydrogen) atoms. The zero-order valence-corrected chi connectivity index (χ0v) is 20.7. The van der Waals surface area contributed by atoms with Crippen LogP contribution in [0.2, 0.25) is 0 Å². The Morgan fingerprint density at radius 2 is 1.33 bits per heavy atom. The van der Waals surface area contributed by atoms with Crippen molar-refractivity contribution in [2.75, 3.05) is 13.2 Å². The van der Waals surface area contributed by atoms with Crippen LogP contribution in [0.1, 0.15) is 90.9 Å². The van der Waals surface area contributed by atoms with Crippen molar-refractivity contribution in [3.8, 4) is 22.9 Å². The Labute approximate surface area is 200 Å². The number of imidazole rings is 1. The second-order valence-electron chi connectivity index (χ2n) is 8.99. The maximum absolute atomic E-state index is 6.27. The molecular weight excluding hydrogens is 408 g/mol. The topological polar surface area (TPSA) is 47.1 Å². The first kappa shape index (κ1) is 25.1. The highest BCUT2D eigenvalue weighted by molar-refractivity contribution is 5.80. The fraction of sp³-hybridized carbons (Fsp3) is 0.552. The van der Waals surface area contributed by atoms with Crippen molar-refractivity contribution >= 4 is 11.0 Å². The van der Waals surface area contributed by atoms with Crippen LogP contribution in [0.3, 0.4) is 0 Å². The number of rotatable bonds is 17. The summed E-state index contributed by atoms with van der Waals surface area (Å²) in [7, 11) is 0. The summed E-state index contributed by atoms with van der Waals surface area (Å²) in [6, 6.07) is 14.3. The van der Waals surface area contributed by atoms with Crippen molar-refractivity contribution in [3.05, 3.63) is 42.5 Å². The highest BCUT2D eigenvalue weighted by Gasteiger charge is 2.13. The summed E-state index contributed by atoms with van der Waals surface area (Å²) < 4.78 is 12.3. The zero-order valence-electron chi connectivity index (χ0n) is 20.7. The second-order valence-corrected chi connectivity index (χ2v) is 8.99. The molecule has 0 fully saturated rings. The van der Waals surface area contributed by atoms with E-state index in [0.29, 0.717) is 0 Å². The van der Waals surface area contributed by atoms with Gasteiger partial charge in [0.05, 0.1) is 29.8 Å². The minimum atomic E-state index is 0.722. The lowest BCUT2D eigenvalue weighted by Crippen LogP contribution is -2.02. The number of unbranched alkanes of at least 4 members (excludes halogenated alkanes) is 10. The Bertz CT molecular complexity index is 901. The minimum Gasteiger partial charge on any atom is -0.493 e. The average Bonchev–Trinajstić information content (AvgIpc) is 3.27. The molecule has 0 spiro atoms. The van der Waals surface area contributed by atoms with Crippen LogP contribution in [0, 0.1) is 0 Å². The lowest BCUT2D eigenvalue weighted by atomic mass is 10.1. The summed E-state index contributed by atoms with van der Waals surface area (Å²) in [5.41, 5.74) is 3.00. The molecule has 0 unspecified atom stereocenters. The molecule has 0 aliphatic carbocycles. The third-order valence-corrected chi connectivity index (χ3v) is 6.12. The van der Waals surface area contributed by atoms with E-state index in [4.69, 9.17) is 14.5 Å². The maximum Gasteiger partial charge on any atom is 0.142 e. The van der Waals surface area contributed by atoms with E-state index in [1.165, 1.54) is 64.2 Å². The molecule has 1 N–H and O–H groups in total. The Balaban J connectivity index is 1.61. The van der Waals surface area contributed by atoms with Gasteiger partial charge in [0.25, 0.3) is 0 Å². The zero-order chi connectivity index (χ0) is 23.1. The molecule has 3 aromatic rings. The third kappa shape index (κ3) is 8.42. The number of hydrogen-bond donors (Lipinski definition) is 1. The van der Waals surface area contributed by atoms with Crippen molar-refractivity contribution in [1.29, 1.82) is 0 Å². The Morgan fingerprint density at radius 3 is 2.03 bits per heavy atom. The van der Waals surface area contributed by atoms with E-state index in [1.54, 1.807) is 0 Å². The van der Waals surface area contributed by atoms with Crippen LogP contribution in [-0.2, 0) is 0 Å². The molecule has 0 bridgehead atoms. The molecule has 4 heteroatoms. The molecular formula is C29H42N2O2. The molecule has 180 valence electrons. The average molecular weight is 451 g/mol. The number of ether oxygens (including phenoxy) is 2. The molecule has 3 rings (SSSR count). The normalized spacial score (nSPS) is 11.2. The summed E-state index contributed by atoms with van der Waals surface area (Å²) >= 11 is 0. The smallest absolute Gasteiger partial charge is 0.142 e. The van der Waals surface area contributed by atoms with E-state index in [2.05, 4.69) is 31.0 Å². The molecule has 2 aromatic carbocycles. The Hall–Kier alpha value is -2.49. The summed E-state index contributed by atoms with van der Waals surface area (Å²) in [5, 5.41) is 0. The lowest BCUT2D eigenvalue weighted by molar-refractivity contribution is 0.290. The van der Waals surface area contributed by atoms with E-state index in [-0.39, 0.29) is 0 Å². The van der Waals surface area contributed by atoms with Crippen LogP contribution in [0.4, 0.5) is 0 Å². The van der Waals surface area contributed by atoms with Crippen molar-refractivity contribution in [2.24, 2.45) is 0 Å². The van der Waals surface area contributed by atoms with E-state index in [1.807, 2.05) is 30.3 Å². The summed E-state index contributed by atoms with van der Waals surface area (Å²) in [6.45, 7) is 5.99. The van der Waals surface area contributed by atoms with Gasteiger partial charge in [0.1, 0.15) is 17.3 Å². The standard InChI is InChI=1S/C29H42N2O2/c1-3-5-7-9-11-15-21-32-24-19-20-25(29-30-26-17-13-14-18-27(26)31-29)28(23-24)33-22-16-12-10-8-6-4-2/h13-14,17-20,23H,3-12,15-16,21-22H2,1-2H3,(H,30,31). The number of aromatic nitrogens is 2. The largest absolute Gasteiger partial charge is 0.493 e. The molecule has 0 amide bonds. The first-order valence-corrected chi connectivity index (χ1v) is 13.2. The van der Waals surface area contributed by atoms with Gasteiger partial charge in [-0.25, -0.2) is 4.98 Å². The van der Waals surface area contributed by atoms with Gasteiger partial charge in [0.15, 0.2) is 0 Å². The van der Waals surface area contributed by atoms with Crippen LogP contribution in [0.25, 0.3) is 22.4 Å². The second kappa shape index (κ2) is 14.6. The molecule has 0 saturated carbocycles. The molecule has 0 saturated heterocycles. The quantitative estimate of drug-likeness (QED) is 0.209.